The van der Waals surface area contributed by atoms with Crippen LogP contribution in [0.15, 0.2) is 0 Å². The van der Waals surface area contributed by atoms with Gasteiger partial charge in [0, 0.05) is 26.2 Å². The van der Waals surface area contributed by atoms with Crippen molar-refractivity contribution in [1.82, 2.24) is 15.0 Å². The number of nitrogens with one attached hydrogen (secondary N) is 2. The first-order valence-electron chi connectivity index (χ1n) is 8.84. The van der Waals surface area contributed by atoms with Gasteiger partial charge < -0.3 is 20.6 Å². The number of anilines is 3. The smallest absolute Gasteiger partial charge is 0.306 e. The van der Waals surface area contributed by atoms with Gasteiger partial charge in [0.2, 0.25) is 17.8 Å². The maximum atomic E-state index is 11.1. The number of carboxylic acid groups (broad SMARTS) is 1. The molecule has 0 unspecified atom stereocenters. The summed E-state index contributed by atoms with van der Waals surface area (Å²) in [5, 5.41) is 15.5. The molecule has 1 aromatic heterocycles. The molecule has 0 radical (unpaired) electrons. The fourth-order valence-corrected chi connectivity index (χ4v) is 3.44. The first-order chi connectivity index (χ1) is 11.7. The van der Waals surface area contributed by atoms with Gasteiger partial charge in [-0.3, -0.25) is 4.79 Å². The van der Waals surface area contributed by atoms with Gasteiger partial charge in [-0.1, -0.05) is 0 Å². The fourth-order valence-electron chi connectivity index (χ4n) is 3.44. The molecule has 8 nitrogen and oxygen atoms in total. The lowest BCUT2D eigenvalue weighted by atomic mass is 9.86. The maximum Gasteiger partial charge on any atom is 0.306 e. The number of carbonyl (C=O) groups is 1. The van der Waals surface area contributed by atoms with Crippen LogP contribution in [0.2, 0.25) is 0 Å². The van der Waals surface area contributed by atoms with Crippen molar-refractivity contribution in [2.75, 3.05) is 35.7 Å². The Morgan fingerprint density at radius 2 is 1.71 bits per heavy atom. The van der Waals surface area contributed by atoms with E-state index >= 15 is 0 Å². The molecule has 0 atom stereocenters. The number of aromatic nitrogens is 3. The molecular formula is C16H26N6O2. The summed E-state index contributed by atoms with van der Waals surface area (Å²) in [7, 11) is 1.80. The normalized spacial score (nSPS) is 24.5. The van der Waals surface area contributed by atoms with Crippen molar-refractivity contribution in [2.24, 2.45) is 5.92 Å². The maximum absolute atomic E-state index is 11.1. The topological polar surface area (TPSA) is 103 Å². The lowest BCUT2D eigenvalue weighted by Crippen LogP contribution is -2.33. The Hall–Kier alpha value is -2.12. The zero-order valence-electron chi connectivity index (χ0n) is 14.2. The van der Waals surface area contributed by atoms with E-state index in [-0.39, 0.29) is 12.0 Å². The van der Waals surface area contributed by atoms with Gasteiger partial charge in [-0.05, 0) is 44.9 Å². The van der Waals surface area contributed by atoms with Gasteiger partial charge in [-0.15, -0.1) is 0 Å². The van der Waals surface area contributed by atoms with E-state index < -0.39 is 5.97 Å². The molecule has 1 saturated carbocycles. The average molecular weight is 334 g/mol. The highest BCUT2D eigenvalue weighted by molar-refractivity contribution is 5.70. The van der Waals surface area contributed by atoms with Gasteiger partial charge in [0.25, 0.3) is 0 Å². The molecule has 2 heterocycles. The van der Waals surface area contributed by atoms with Crippen LogP contribution in [0.4, 0.5) is 17.8 Å². The lowest BCUT2D eigenvalue weighted by Gasteiger charge is -2.29. The van der Waals surface area contributed by atoms with E-state index in [1.165, 1.54) is 19.3 Å². The largest absolute Gasteiger partial charge is 0.481 e. The lowest BCUT2D eigenvalue weighted by molar-refractivity contribution is -0.142. The van der Waals surface area contributed by atoms with Crippen molar-refractivity contribution in [1.29, 1.82) is 0 Å². The molecule has 8 heteroatoms. The second-order valence-electron chi connectivity index (χ2n) is 6.61. The van der Waals surface area contributed by atoms with Gasteiger partial charge in [-0.25, -0.2) is 0 Å². The Bertz CT molecular complexity index is 568. The van der Waals surface area contributed by atoms with Gasteiger partial charge in [0.05, 0.1) is 5.92 Å². The van der Waals surface area contributed by atoms with E-state index in [0.29, 0.717) is 24.7 Å². The molecular weight excluding hydrogens is 308 g/mol. The predicted octanol–water partition coefficient (Wildman–Crippen LogP) is 1.96. The monoisotopic (exact) mass is 334 g/mol. The zero-order chi connectivity index (χ0) is 16.9. The minimum atomic E-state index is -0.682. The molecule has 1 aromatic rings. The van der Waals surface area contributed by atoms with Crippen LogP contribution in [0.5, 0.6) is 0 Å². The van der Waals surface area contributed by atoms with Crippen molar-refractivity contribution in [3.8, 4) is 0 Å². The van der Waals surface area contributed by atoms with Crippen molar-refractivity contribution >= 4 is 23.8 Å². The summed E-state index contributed by atoms with van der Waals surface area (Å²) < 4.78 is 0. The molecule has 1 saturated heterocycles. The number of nitrogens with zero attached hydrogens (tertiary/aromatic N) is 4. The summed E-state index contributed by atoms with van der Waals surface area (Å²) in [5.41, 5.74) is 0. The number of piperidine rings is 1. The highest BCUT2D eigenvalue weighted by atomic mass is 16.4. The molecule has 24 heavy (non-hydrogen) atoms. The van der Waals surface area contributed by atoms with Crippen molar-refractivity contribution in [3.63, 3.8) is 0 Å². The first-order valence-corrected chi connectivity index (χ1v) is 8.84. The van der Waals surface area contributed by atoms with E-state index in [1.807, 2.05) is 0 Å². The van der Waals surface area contributed by atoms with Crippen LogP contribution in [-0.4, -0.2) is 52.2 Å². The van der Waals surface area contributed by atoms with Crippen LogP contribution in [0, 0.1) is 5.92 Å². The van der Waals surface area contributed by atoms with Crippen LogP contribution in [0.25, 0.3) is 0 Å². The van der Waals surface area contributed by atoms with Crippen molar-refractivity contribution < 1.29 is 9.90 Å². The SMILES string of the molecule is CNc1nc(N[C@H]2CC[C@@H](C(=O)O)CC2)nc(N2CCCCC2)n1. The number of hydrogen-bond donors (Lipinski definition) is 3. The van der Waals surface area contributed by atoms with E-state index in [9.17, 15) is 4.79 Å². The Morgan fingerprint density at radius 3 is 2.33 bits per heavy atom. The molecule has 1 aliphatic carbocycles. The Balaban J connectivity index is 1.67. The van der Waals surface area contributed by atoms with E-state index in [0.717, 1.165) is 31.9 Å². The molecule has 2 aliphatic rings. The average Bonchev–Trinajstić information content (AvgIpc) is 2.62. The third-order valence-electron chi connectivity index (χ3n) is 4.90. The molecule has 3 rings (SSSR count). The molecule has 0 bridgehead atoms. The number of hydrogen-bond acceptors (Lipinski definition) is 7. The molecule has 2 fully saturated rings. The Labute approximate surface area is 142 Å². The summed E-state index contributed by atoms with van der Waals surface area (Å²) >= 11 is 0. The van der Waals surface area contributed by atoms with Crippen molar-refractivity contribution in [3.05, 3.63) is 0 Å². The summed E-state index contributed by atoms with van der Waals surface area (Å²) in [6, 6.07) is 0.224. The van der Waals surface area contributed by atoms with Crippen LogP contribution in [0.1, 0.15) is 44.9 Å². The van der Waals surface area contributed by atoms with E-state index in [2.05, 4.69) is 30.5 Å². The van der Waals surface area contributed by atoms with Crippen LogP contribution in [-0.2, 0) is 4.79 Å². The standard InChI is InChI=1S/C16H26N6O2/c1-17-14-19-15(18-12-7-5-11(6-8-12)13(23)24)21-16(20-14)22-9-3-2-4-10-22/h11-12H,2-10H2,1H3,(H,23,24)(H2,17,18,19,20,21)/t11-,12+. The summed E-state index contributed by atoms with van der Waals surface area (Å²) in [4.78, 5) is 26.7. The predicted molar refractivity (Wildman–Crippen MR) is 92.4 cm³/mol. The summed E-state index contributed by atoms with van der Waals surface area (Å²) in [5.74, 6) is 0.966. The number of aliphatic carboxylic acids is 1. The number of carboxylic acids is 1. The van der Waals surface area contributed by atoms with Gasteiger partial charge in [-0.2, -0.15) is 15.0 Å². The summed E-state index contributed by atoms with van der Waals surface area (Å²) in [6.07, 6.45) is 6.67. The zero-order valence-corrected chi connectivity index (χ0v) is 14.2. The molecule has 0 aromatic carbocycles. The first kappa shape index (κ1) is 16.7. The van der Waals surface area contributed by atoms with E-state index in [4.69, 9.17) is 5.11 Å². The Kier molecular flexibility index (Phi) is 5.32. The molecule has 1 aliphatic heterocycles. The molecule has 0 spiro atoms. The van der Waals surface area contributed by atoms with Crippen LogP contribution >= 0.6 is 0 Å². The quantitative estimate of drug-likeness (QED) is 0.751. The van der Waals surface area contributed by atoms with E-state index in [1.54, 1.807) is 7.05 Å². The molecule has 3 N–H and O–H groups in total. The highest BCUT2D eigenvalue weighted by Crippen LogP contribution is 2.27. The Morgan fingerprint density at radius 1 is 1.04 bits per heavy atom. The van der Waals surface area contributed by atoms with Gasteiger partial charge in [0.1, 0.15) is 0 Å². The summed E-state index contributed by atoms with van der Waals surface area (Å²) in [6.45, 7) is 1.96. The van der Waals surface area contributed by atoms with Crippen LogP contribution in [0.3, 0.4) is 0 Å². The van der Waals surface area contributed by atoms with Crippen LogP contribution < -0.4 is 15.5 Å². The number of rotatable bonds is 5. The highest BCUT2D eigenvalue weighted by Gasteiger charge is 2.26. The minimum absolute atomic E-state index is 0.210. The molecule has 0 amide bonds. The third-order valence-corrected chi connectivity index (χ3v) is 4.90. The third kappa shape index (κ3) is 4.04. The van der Waals surface area contributed by atoms with Crippen molar-refractivity contribution in [2.45, 2.75) is 51.0 Å². The van der Waals surface area contributed by atoms with Gasteiger partial charge >= 0.3 is 5.97 Å². The second kappa shape index (κ2) is 7.63. The minimum Gasteiger partial charge on any atom is -0.481 e. The molecule has 132 valence electrons. The van der Waals surface area contributed by atoms with Gasteiger partial charge in [0.15, 0.2) is 0 Å². The fraction of sp³-hybridized carbons (Fsp3) is 0.750. The second-order valence-corrected chi connectivity index (χ2v) is 6.61.